The van der Waals surface area contributed by atoms with Gasteiger partial charge >= 0.3 is 0 Å². The number of carbonyl (C=O) groups excluding carboxylic acids is 1. The molecule has 0 aliphatic carbocycles. The molecule has 4 heterocycles. The molecule has 10 nitrogen and oxygen atoms in total. The van der Waals surface area contributed by atoms with Gasteiger partial charge in [-0.2, -0.15) is 5.10 Å². The first-order valence-electron chi connectivity index (χ1n) is 12.7. The molecule has 1 aliphatic heterocycles. The van der Waals surface area contributed by atoms with E-state index in [1.54, 1.807) is 41.3 Å². The number of aryl methyl sites for hydroxylation is 1. The topological polar surface area (TPSA) is 120 Å². The number of aromatic nitrogens is 5. The van der Waals surface area contributed by atoms with Gasteiger partial charge in [0.15, 0.2) is 15.5 Å². The maximum absolute atomic E-state index is 12.9. The van der Waals surface area contributed by atoms with Gasteiger partial charge in [-0.3, -0.25) is 9.78 Å². The Hall–Kier alpha value is -3.86. The van der Waals surface area contributed by atoms with E-state index < -0.39 is 9.84 Å². The summed E-state index contributed by atoms with van der Waals surface area (Å²) < 4.78 is 31.4. The number of nitrogens with zero attached hydrogens (tertiary/aromatic N) is 6. The fraction of sp³-hybridized carbons (Fsp3) is 0.370. The summed E-state index contributed by atoms with van der Waals surface area (Å²) in [5, 5.41) is 5.09. The monoisotopic (exact) mass is 534 g/mol. The second-order valence-corrected chi connectivity index (χ2v) is 11.5. The van der Waals surface area contributed by atoms with Gasteiger partial charge < -0.3 is 9.64 Å². The maximum Gasteiger partial charge on any atom is 0.272 e. The van der Waals surface area contributed by atoms with Crippen molar-refractivity contribution in [3.8, 4) is 11.6 Å². The van der Waals surface area contributed by atoms with Crippen molar-refractivity contribution in [2.45, 2.75) is 50.0 Å². The number of ether oxygens (including phenoxy) is 1. The molecule has 0 unspecified atom stereocenters. The summed E-state index contributed by atoms with van der Waals surface area (Å²) in [6.45, 7) is 3.30. The quantitative estimate of drug-likeness (QED) is 0.336. The average molecular weight is 535 g/mol. The number of benzene rings is 1. The Labute approximate surface area is 221 Å². The van der Waals surface area contributed by atoms with Crippen molar-refractivity contribution in [3.63, 3.8) is 0 Å². The van der Waals surface area contributed by atoms with Crippen LogP contribution in [-0.2, 0) is 16.3 Å². The predicted octanol–water partition coefficient (Wildman–Crippen LogP) is 3.64. The highest BCUT2D eigenvalue weighted by Gasteiger charge is 2.26. The molecule has 4 aromatic rings. The predicted molar refractivity (Wildman–Crippen MR) is 142 cm³/mol. The van der Waals surface area contributed by atoms with E-state index in [2.05, 4.69) is 27.0 Å². The van der Waals surface area contributed by atoms with Crippen LogP contribution in [0.1, 0.15) is 48.7 Å². The number of likely N-dealkylation sites (tertiary alicyclic amines) is 1. The second-order valence-electron chi connectivity index (χ2n) is 9.50. The molecule has 1 aromatic carbocycles. The van der Waals surface area contributed by atoms with E-state index in [0.717, 1.165) is 24.8 Å². The van der Waals surface area contributed by atoms with Gasteiger partial charge in [-0.15, -0.1) is 0 Å². The Morgan fingerprint density at radius 3 is 2.45 bits per heavy atom. The first-order valence-corrected chi connectivity index (χ1v) is 14.6. The van der Waals surface area contributed by atoms with Gasteiger partial charge in [0, 0.05) is 38.4 Å². The molecule has 3 aromatic heterocycles. The summed E-state index contributed by atoms with van der Waals surface area (Å²) in [4.78, 5) is 28.1. The molecule has 198 valence electrons. The smallest absolute Gasteiger partial charge is 0.272 e. The summed E-state index contributed by atoms with van der Waals surface area (Å²) in [5.74, 6) is 0.376. The molecule has 11 heteroatoms. The number of hydrogen-bond donors (Lipinski definition) is 0. The minimum absolute atomic E-state index is 0.0573. The Bertz CT molecular complexity index is 1530. The van der Waals surface area contributed by atoms with E-state index >= 15 is 0 Å². The van der Waals surface area contributed by atoms with E-state index in [0.29, 0.717) is 54.2 Å². The van der Waals surface area contributed by atoms with E-state index in [1.165, 1.54) is 12.6 Å². The maximum atomic E-state index is 12.9. The van der Waals surface area contributed by atoms with E-state index in [4.69, 9.17) is 4.74 Å². The summed E-state index contributed by atoms with van der Waals surface area (Å²) in [5.41, 5.74) is 2.86. The molecular formula is C27H30N6O4S. The minimum Gasteiger partial charge on any atom is -0.474 e. The Morgan fingerprint density at radius 1 is 1.03 bits per heavy atom. The molecular weight excluding hydrogens is 504 g/mol. The highest BCUT2D eigenvalue weighted by atomic mass is 32.2. The van der Waals surface area contributed by atoms with E-state index in [-0.39, 0.29) is 16.9 Å². The lowest BCUT2D eigenvalue weighted by Crippen LogP contribution is -2.42. The van der Waals surface area contributed by atoms with E-state index in [9.17, 15) is 13.2 Å². The zero-order valence-corrected chi connectivity index (χ0v) is 22.3. The molecule has 0 radical (unpaired) electrons. The Morgan fingerprint density at radius 2 is 1.79 bits per heavy atom. The Kier molecular flexibility index (Phi) is 7.37. The number of rotatable bonds is 8. The first kappa shape index (κ1) is 25.8. The molecule has 1 amide bonds. The van der Waals surface area contributed by atoms with Crippen LogP contribution in [0, 0.1) is 0 Å². The SMILES string of the molecule is CCCCc1ccc(C(=O)N2CCC(Oc3ncnc4c3cnn4-c3ccc(S(C)(=O)=O)cc3)CC2)nc1. The third kappa shape index (κ3) is 5.52. The van der Waals surface area contributed by atoms with Crippen LogP contribution in [0.15, 0.2) is 60.0 Å². The number of pyridine rings is 1. The molecule has 1 aliphatic rings. The van der Waals surface area contributed by atoms with Gasteiger partial charge in [0.1, 0.15) is 23.5 Å². The van der Waals surface area contributed by atoms with Crippen molar-refractivity contribution < 1.29 is 17.9 Å². The number of hydrogen-bond acceptors (Lipinski definition) is 8. The van der Waals surface area contributed by atoms with Crippen LogP contribution < -0.4 is 4.74 Å². The molecule has 1 fully saturated rings. The molecule has 0 saturated carbocycles. The van der Waals surface area contributed by atoms with Crippen LogP contribution in [0.5, 0.6) is 5.88 Å². The molecule has 5 rings (SSSR count). The lowest BCUT2D eigenvalue weighted by Gasteiger charge is -2.31. The van der Waals surface area contributed by atoms with Crippen LogP contribution in [0.2, 0.25) is 0 Å². The standard InChI is InChI=1S/C27H30N6O4S/c1-3-4-5-19-6-11-24(28-16-19)27(34)32-14-12-21(13-15-32)37-26-23-17-31-33(25(23)29-18-30-26)20-7-9-22(10-8-20)38(2,35)36/h6-11,16-18,21H,3-5,12-15H2,1-2H3. The molecule has 1 saturated heterocycles. The molecule has 38 heavy (non-hydrogen) atoms. The van der Waals surface area contributed by atoms with Crippen LogP contribution in [0.4, 0.5) is 0 Å². The Balaban J connectivity index is 1.23. The van der Waals surface area contributed by atoms with Gasteiger partial charge in [-0.05, 0) is 48.7 Å². The van der Waals surface area contributed by atoms with Gasteiger partial charge in [0.05, 0.1) is 16.8 Å². The van der Waals surface area contributed by atoms with Crippen LogP contribution in [0.3, 0.4) is 0 Å². The molecule has 0 bridgehead atoms. The third-order valence-electron chi connectivity index (χ3n) is 6.71. The van der Waals surface area contributed by atoms with Crippen molar-refractivity contribution in [2.24, 2.45) is 0 Å². The third-order valence-corrected chi connectivity index (χ3v) is 7.84. The fourth-order valence-corrected chi connectivity index (χ4v) is 5.15. The molecule has 0 spiro atoms. The summed E-state index contributed by atoms with van der Waals surface area (Å²) >= 11 is 0. The summed E-state index contributed by atoms with van der Waals surface area (Å²) in [7, 11) is -3.29. The number of carbonyl (C=O) groups is 1. The van der Waals surface area contributed by atoms with Gasteiger partial charge in [0.2, 0.25) is 5.88 Å². The number of amides is 1. The van der Waals surface area contributed by atoms with Crippen molar-refractivity contribution in [1.82, 2.24) is 29.6 Å². The van der Waals surface area contributed by atoms with Crippen molar-refractivity contribution in [3.05, 3.63) is 66.4 Å². The summed E-state index contributed by atoms with van der Waals surface area (Å²) in [6, 6.07) is 10.3. The lowest BCUT2D eigenvalue weighted by molar-refractivity contribution is 0.0585. The largest absolute Gasteiger partial charge is 0.474 e. The van der Waals surface area contributed by atoms with Crippen molar-refractivity contribution in [2.75, 3.05) is 19.3 Å². The molecule has 0 N–H and O–H groups in total. The van der Waals surface area contributed by atoms with Crippen LogP contribution in [-0.4, -0.2) is 69.4 Å². The van der Waals surface area contributed by atoms with Crippen molar-refractivity contribution >= 4 is 26.8 Å². The zero-order valence-electron chi connectivity index (χ0n) is 21.4. The normalized spacial score (nSPS) is 14.6. The highest BCUT2D eigenvalue weighted by molar-refractivity contribution is 7.90. The number of sulfone groups is 1. The van der Waals surface area contributed by atoms with E-state index in [1.807, 2.05) is 17.0 Å². The highest BCUT2D eigenvalue weighted by Crippen LogP contribution is 2.27. The van der Waals surface area contributed by atoms with Crippen molar-refractivity contribution in [1.29, 1.82) is 0 Å². The van der Waals surface area contributed by atoms with Gasteiger partial charge in [-0.1, -0.05) is 19.4 Å². The second kappa shape index (κ2) is 10.9. The van der Waals surface area contributed by atoms with Gasteiger partial charge in [-0.25, -0.2) is 23.1 Å². The fourth-order valence-electron chi connectivity index (χ4n) is 4.52. The first-order chi connectivity index (χ1) is 18.3. The zero-order chi connectivity index (χ0) is 26.7. The average Bonchev–Trinajstić information content (AvgIpc) is 3.37. The van der Waals surface area contributed by atoms with Gasteiger partial charge in [0.25, 0.3) is 5.91 Å². The lowest BCUT2D eigenvalue weighted by atomic mass is 10.1. The number of unbranched alkanes of at least 4 members (excludes halogenated alkanes) is 1. The van der Waals surface area contributed by atoms with Crippen LogP contribution in [0.25, 0.3) is 16.7 Å². The van der Waals surface area contributed by atoms with Crippen LogP contribution >= 0.6 is 0 Å². The summed E-state index contributed by atoms with van der Waals surface area (Å²) in [6.07, 6.45) is 10.5. The number of fused-ring (bicyclic) bond motifs is 1. The number of piperidine rings is 1. The molecule has 0 atom stereocenters. The minimum atomic E-state index is -3.29.